The van der Waals surface area contributed by atoms with Crippen LogP contribution in [0.4, 0.5) is 8.78 Å². The van der Waals surface area contributed by atoms with Crippen LogP contribution in [0.1, 0.15) is 5.56 Å². The van der Waals surface area contributed by atoms with Crippen molar-refractivity contribution in [2.24, 2.45) is 0 Å². The van der Waals surface area contributed by atoms with Crippen LogP contribution < -0.4 is 4.74 Å². The Labute approximate surface area is 78.1 Å². The lowest BCUT2D eigenvalue weighted by molar-refractivity contribution is -0.166. The summed E-state index contributed by atoms with van der Waals surface area (Å²) in [5.41, 5.74) is -0.755. The zero-order valence-corrected chi connectivity index (χ0v) is 7.20. The van der Waals surface area contributed by atoms with Crippen LogP contribution in [0.25, 0.3) is 0 Å². The standard InChI is InChI=1S/C8H7F2NO3/c1-14-6-2-3-11-4-5(6)8(9,10)7(12)13/h2-4H,1H3,(H,12,13). The van der Waals surface area contributed by atoms with Gasteiger partial charge in [0.25, 0.3) is 0 Å². The van der Waals surface area contributed by atoms with Gasteiger partial charge in [-0.2, -0.15) is 8.78 Å². The van der Waals surface area contributed by atoms with E-state index in [1.54, 1.807) is 0 Å². The number of halogens is 2. The van der Waals surface area contributed by atoms with Crippen molar-refractivity contribution in [1.82, 2.24) is 4.98 Å². The molecule has 0 radical (unpaired) electrons. The fourth-order valence-corrected chi connectivity index (χ4v) is 0.911. The highest BCUT2D eigenvalue weighted by Crippen LogP contribution is 2.34. The Morgan fingerprint density at radius 1 is 1.64 bits per heavy atom. The first-order valence-electron chi connectivity index (χ1n) is 3.60. The molecule has 76 valence electrons. The Hall–Kier alpha value is -1.72. The molecule has 1 aromatic heterocycles. The van der Waals surface area contributed by atoms with Crippen molar-refractivity contribution in [3.63, 3.8) is 0 Å². The second-order valence-corrected chi connectivity index (χ2v) is 2.46. The van der Waals surface area contributed by atoms with Gasteiger partial charge in [-0.1, -0.05) is 0 Å². The maximum Gasteiger partial charge on any atom is 0.379 e. The third-order valence-electron chi connectivity index (χ3n) is 1.61. The molecule has 0 bridgehead atoms. The summed E-state index contributed by atoms with van der Waals surface area (Å²) in [6.07, 6.45) is 2.01. The lowest BCUT2D eigenvalue weighted by Gasteiger charge is -2.13. The lowest BCUT2D eigenvalue weighted by atomic mass is 10.1. The predicted octanol–water partition coefficient (Wildman–Crippen LogP) is 1.27. The number of hydrogen-bond donors (Lipinski definition) is 1. The fourth-order valence-electron chi connectivity index (χ4n) is 0.911. The molecule has 1 heterocycles. The van der Waals surface area contributed by atoms with Crippen LogP contribution in [0.5, 0.6) is 5.75 Å². The molecular weight excluding hydrogens is 196 g/mol. The van der Waals surface area contributed by atoms with Gasteiger partial charge >= 0.3 is 11.9 Å². The zero-order valence-electron chi connectivity index (χ0n) is 7.20. The number of carboxylic acid groups (broad SMARTS) is 1. The van der Waals surface area contributed by atoms with E-state index in [2.05, 4.69) is 9.72 Å². The summed E-state index contributed by atoms with van der Waals surface area (Å²) in [5.74, 6) is -6.42. The van der Waals surface area contributed by atoms with Crippen LogP contribution in [0.2, 0.25) is 0 Å². The summed E-state index contributed by atoms with van der Waals surface area (Å²) < 4.78 is 30.6. The number of rotatable bonds is 3. The average Bonchev–Trinajstić information content (AvgIpc) is 2.17. The highest BCUT2D eigenvalue weighted by atomic mass is 19.3. The summed E-state index contributed by atoms with van der Waals surface area (Å²) >= 11 is 0. The summed E-state index contributed by atoms with van der Waals surface area (Å²) in [6.45, 7) is 0. The second kappa shape index (κ2) is 3.57. The minimum absolute atomic E-state index is 0.201. The molecule has 14 heavy (non-hydrogen) atoms. The van der Waals surface area contributed by atoms with Gasteiger partial charge in [0.1, 0.15) is 5.75 Å². The first kappa shape index (κ1) is 10.4. The first-order valence-corrected chi connectivity index (χ1v) is 3.60. The molecule has 0 atom stereocenters. The number of hydrogen-bond acceptors (Lipinski definition) is 3. The van der Waals surface area contributed by atoms with Crippen LogP contribution >= 0.6 is 0 Å². The maximum atomic E-state index is 13.0. The van der Waals surface area contributed by atoms with Gasteiger partial charge in [-0.3, -0.25) is 4.98 Å². The molecule has 0 saturated heterocycles. The smallest absolute Gasteiger partial charge is 0.379 e. The summed E-state index contributed by atoms with van der Waals surface area (Å²) in [4.78, 5) is 13.7. The summed E-state index contributed by atoms with van der Waals surface area (Å²) in [7, 11) is 1.18. The quantitative estimate of drug-likeness (QED) is 0.803. The predicted molar refractivity (Wildman–Crippen MR) is 42.3 cm³/mol. The van der Waals surface area contributed by atoms with Crippen molar-refractivity contribution < 1.29 is 23.4 Å². The van der Waals surface area contributed by atoms with E-state index in [-0.39, 0.29) is 5.75 Å². The molecule has 0 aliphatic rings. The number of alkyl halides is 2. The Morgan fingerprint density at radius 3 is 2.79 bits per heavy atom. The molecular formula is C8H7F2NO3. The van der Waals surface area contributed by atoms with Crippen LogP contribution in [0, 0.1) is 0 Å². The average molecular weight is 203 g/mol. The molecule has 0 aromatic carbocycles. The molecule has 0 saturated carbocycles. The summed E-state index contributed by atoms with van der Waals surface area (Å²) in [6, 6.07) is 1.17. The normalized spacial score (nSPS) is 11.1. The van der Waals surface area contributed by atoms with E-state index in [1.807, 2.05) is 0 Å². The second-order valence-electron chi connectivity index (χ2n) is 2.46. The van der Waals surface area contributed by atoms with E-state index in [0.29, 0.717) is 0 Å². The number of aromatic nitrogens is 1. The third kappa shape index (κ3) is 1.63. The highest BCUT2D eigenvalue weighted by molar-refractivity contribution is 5.78. The van der Waals surface area contributed by atoms with E-state index in [1.165, 1.54) is 19.4 Å². The number of methoxy groups -OCH3 is 1. The first-order chi connectivity index (χ1) is 6.50. The number of nitrogens with zero attached hydrogens (tertiary/aromatic N) is 1. The van der Waals surface area contributed by atoms with Crippen LogP contribution in [0.3, 0.4) is 0 Å². The van der Waals surface area contributed by atoms with E-state index < -0.39 is 17.5 Å². The minimum Gasteiger partial charge on any atom is -0.496 e. The van der Waals surface area contributed by atoms with Crippen molar-refractivity contribution in [3.05, 3.63) is 24.0 Å². The number of pyridine rings is 1. The van der Waals surface area contributed by atoms with Gasteiger partial charge in [0.15, 0.2) is 0 Å². The number of ether oxygens (including phenoxy) is 1. The Kier molecular flexibility index (Phi) is 2.64. The highest BCUT2D eigenvalue weighted by Gasteiger charge is 2.43. The van der Waals surface area contributed by atoms with Crippen LogP contribution in [-0.4, -0.2) is 23.2 Å². The maximum absolute atomic E-state index is 13.0. The van der Waals surface area contributed by atoms with E-state index in [0.717, 1.165) is 6.20 Å². The Morgan fingerprint density at radius 2 is 2.29 bits per heavy atom. The molecule has 0 fully saturated rings. The largest absolute Gasteiger partial charge is 0.496 e. The van der Waals surface area contributed by atoms with Crippen molar-refractivity contribution >= 4 is 5.97 Å². The van der Waals surface area contributed by atoms with Crippen molar-refractivity contribution in [3.8, 4) is 5.75 Å². The SMILES string of the molecule is COc1ccncc1C(F)(F)C(=O)O. The van der Waals surface area contributed by atoms with Crippen molar-refractivity contribution in [1.29, 1.82) is 0 Å². The van der Waals surface area contributed by atoms with E-state index in [4.69, 9.17) is 5.11 Å². The summed E-state index contributed by atoms with van der Waals surface area (Å²) in [5, 5.41) is 8.28. The van der Waals surface area contributed by atoms with Crippen molar-refractivity contribution in [2.75, 3.05) is 7.11 Å². The molecule has 0 amide bonds. The molecule has 0 aliphatic heterocycles. The molecule has 0 spiro atoms. The molecule has 1 rings (SSSR count). The molecule has 1 aromatic rings. The zero-order chi connectivity index (χ0) is 10.8. The lowest BCUT2D eigenvalue weighted by Crippen LogP contribution is -2.26. The van der Waals surface area contributed by atoms with Gasteiger partial charge in [0, 0.05) is 12.4 Å². The molecule has 4 nitrogen and oxygen atoms in total. The number of aliphatic carboxylic acids is 1. The van der Waals surface area contributed by atoms with Crippen LogP contribution in [0.15, 0.2) is 18.5 Å². The minimum atomic E-state index is -3.99. The monoisotopic (exact) mass is 203 g/mol. The number of carboxylic acids is 1. The van der Waals surface area contributed by atoms with E-state index in [9.17, 15) is 13.6 Å². The van der Waals surface area contributed by atoms with Gasteiger partial charge in [-0.15, -0.1) is 0 Å². The van der Waals surface area contributed by atoms with Gasteiger partial charge < -0.3 is 9.84 Å². The van der Waals surface area contributed by atoms with Gasteiger partial charge in [-0.25, -0.2) is 4.79 Å². The van der Waals surface area contributed by atoms with E-state index >= 15 is 0 Å². The molecule has 0 aliphatic carbocycles. The van der Waals surface area contributed by atoms with Gasteiger partial charge in [0.2, 0.25) is 0 Å². The molecule has 6 heteroatoms. The van der Waals surface area contributed by atoms with Crippen LogP contribution in [-0.2, 0) is 10.7 Å². The molecule has 0 unspecified atom stereocenters. The Bertz CT molecular complexity index is 354. The van der Waals surface area contributed by atoms with Crippen molar-refractivity contribution in [2.45, 2.75) is 5.92 Å². The topological polar surface area (TPSA) is 59.4 Å². The van der Waals surface area contributed by atoms with Gasteiger partial charge in [0.05, 0.1) is 12.7 Å². The molecule has 1 N–H and O–H groups in total. The van der Waals surface area contributed by atoms with Gasteiger partial charge in [-0.05, 0) is 6.07 Å². The Balaban J connectivity index is 3.24. The third-order valence-corrected chi connectivity index (χ3v) is 1.61. The fraction of sp³-hybridized carbons (Fsp3) is 0.250. The number of carbonyl (C=O) groups is 1.